The molecular formula is C18H31NO4. The number of nitrogens with zero attached hydrogens (tertiary/aromatic N) is 1. The summed E-state index contributed by atoms with van der Waals surface area (Å²) in [7, 11) is 0. The standard InChI is InChI=1S/C18H31NO4/c1-5-22-16(20)15-12-19(17(21)23-18(2,3)4)11-14(15)13-9-7-6-8-10-13/h13-15H,5-12H2,1-4H3/t14-,15+/m1/s1. The highest BCUT2D eigenvalue weighted by Gasteiger charge is 2.45. The number of ether oxygens (including phenoxy) is 2. The molecule has 1 saturated carbocycles. The monoisotopic (exact) mass is 325 g/mol. The average molecular weight is 325 g/mol. The second kappa shape index (κ2) is 7.54. The molecule has 2 rings (SSSR count). The van der Waals surface area contributed by atoms with E-state index in [-0.39, 0.29) is 23.9 Å². The zero-order chi connectivity index (χ0) is 17.0. The Bertz CT molecular complexity index is 423. The molecule has 5 nitrogen and oxygen atoms in total. The number of amides is 1. The first-order chi connectivity index (χ1) is 10.8. The molecule has 1 heterocycles. The third kappa shape index (κ3) is 4.85. The SMILES string of the molecule is CCOC(=O)[C@H]1CN(C(=O)OC(C)(C)C)C[C@@H]1C1CCCCC1. The maximum absolute atomic E-state index is 12.4. The first-order valence-corrected chi connectivity index (χ1v) is 8.96. The zero-order valence-electron chi connectivity index (χ0n) is 15.0. The van der Waals surface area contributed by atoms with E-state index in [9.17, 15) is 9.59 Å². The Balaban J connectivity index is 2.07. The van der Waals surface area contributed by atoms with E-state index in [0.717, 1.165) is 12.8 Å². The Morgan fingerprint density at radius 1 is 1.09 bits per heavy atom. The second-order valence-corrected chi connectivity index (χ2v) is 7.81. The van der Waals surface area contributed by atoms with Crippen molar-refractivity contribution in [2.24, 2.45) is 17.8 Å². The van der Waals surface area contributed by atoms with Gasteiger partial charge < -0.3 is 14.4 Å². The van der Waals surface area contributed by atoms with Gasteiger partial charge in [-0.25, -0.2) is 4.79 Å². The van der Waals surface area contributed by atoms with Crippen LogP contribution >= 0.6 is 0 Å². The van der Waals surface area contributed by atoms with E-state index in [1.54, 1.807) is 4.90 Å². The van der Waals surface area contributed by atoms with E-state index >= 15 is 0 Å². The number of hydrogen-bond acceptors (Lipinski definition) is 4. The molecule has 2 aliphatic rings. The molecule has 2 fully saturated rings. The van der Waals surface area contributed by atoms with Crippen molar-refractivity contribution in [3.8, 4) is 0 Å². The van der Waals surface area contributed by atoms with Gasteiger partial charge in [-0.15, -0.1) is 0 Å². The second-order valence-electron chi connectivity index (χ2n) is 7.81. The van der Waals surface area contributed by atoms with Gasteiger partial charge in [0.1, 0.15) is 5.60 Å². The normalized spacial score (nSPS) is 26.2. The van der Waals surface area contributed by atoms with E-state index in [1.165, 1.54) is 19.3 Å². The Labute approximate surface area is 139 Å². The molecular weight excluding hydrogens is 294 g/mol. The van der Waals surface area contributed by atoms with Crippen LogP contribution < -0.4 is 0 Å². The van der Waals surface area contributed by atoms with Crippen LogP contribution in [0.15, 0.2) is 0 Å². The molecule has 2 atom stereocenters. The minimum atomic E-state index is -0.514. The van der Waals surface area contributed by atoms with Crippen molar-refractivity contribution in [3.05, 3.63) is 0 Å². The van der Waals surface area contributed by atoms with Crippen molar-refractivity contribution in [1.29, 1.82) is 0 Å². The number of likely N-dealkylation sites (tertiary alicyclic amines) is 1. The van der Waals surface area contributed by atoms with Gasteiger partial charge in [-0.3, -0.25) is 4.79 Å². The number of carbonyl (C=O) groups excluding carboxylic acids is 2. The van der Waals surface area contributed by atoms with Gasteiger partial charge in [0.2, 0.25) is 0 Å². The van der Waals surface area contributed by atoms with Crippen LogP contribution in [-0.2, 0) is 14.3 Å². The molecule has 1 saturated heterocycles. The lowest BCUT2D eigenvalue weighted by Crippen LogP contribution is -2.36. The molecule has 0 bridgehead atoms. The maximum Gasteiger partial charge on any atom is 0.410 e. The number of esters is 1. The fourth-order valence-corrected chi connectivity index (χ4v) is 3.84. The molecule has 132 valence electrons. The Morgan fingerprint density at radius 3 is 2.30 bits per heavy atom. The predicted molar refractivity (Wildman–Crippen MR) is 88.0 cm³/mol. The van der Waals surface area contributed by atoms with Crippen LogP contribution in [0.3, 0.4) is 0 Å². The maximum atomic E-state index is 12.4. The molecule has 0 spiro atoms. The Morgan fingerprint density at radius 2 is 1.74 bits per heavy atom. The minimum absolute atomic E-state index is 0.158. The molecule has 1 aliphatic heterocycles. The molecule has 23 heavy (non-hydrogen) atoms. The molecule has 0 radical (unpaired) electrons. The lowest BCUT2D eigenvalue weighted by atomic mass is 9.75. The third-order valence-electron chi connectivity index (χ3n) is 4.86. The highest BCUT2D eigenvalue weighted by molar-refractivity contribution is 5.76. The van der Waals surface area contributed by atoms with Gasteiger partial charge in [0.05, 0.1) is 12.5 Å². The molecule has 1 aliphatic carbocycles. The molecule has 1 amide bonds. The molecule has 0 aromatic rings. The van der Waals surface area contributed by atoms with Gasteiger partial charge in [0.25, 0.3) is 0 Å². The number of carbonyl (C=O) groups is 2. The summed E-state index contributed by atoms with van der Waals surface area (Å²) in [6, 6.07) is 0. The summed E-state index contributed by atoms with van der Waals surface area (Å²) in [5.41, 5.74) is -0.514. The van der Waals surface area contributed by atoms with E-state index in [2.05, 4.69) is 0 Å². The first-order valence-electron chi connectivity index (χ1n) is 8.96. The van der Waals surface area contributed by atoms with Crippen molar-refractivity contribution in [1.82, 2.24) is 4.90 Å². The van der Waals surface area contributed by atoms with Gasteiger partial charge in [0, 0.05) is 13.1 Å². The highest BCUT2D eigenvalue weighted by atomic mass is 16.6. The first kappa shape index (κ1) is 18.1. The van der Waals surface area contributed by atoms with E-state index in [4.69, 9.17) is 9.47 Å². The fourth-order valence-electron chi connectivity index (χ4n) is 3.84. The van der Waals surface area contributed by atoms with E-state index < -0.39 is 5.60 Å². The van der Waals surface area contributed by atoms with Gasteiger partial charge in [-0.1, -0.05) is 32.1 Å². The molecule has 0 aromatic carbocycles. The molecule has 0 N–H and O–H groups in total. The largest absolute Gasteiger partial charge is 0.466 e. The highest BCUT2D eigenvalue weighted by Crippen LogP contribution is 2.39. The van der Waals surface area contributed by atoms with Crippen molar-refractivity contribution in [2.45, 2.75) is 65.4 Å². The number of rotatable bonds is 3. The predicted octanol–water partition coefficient (Wildman–Crippen LogP) is 3.61. The summed E-state index contributed by atoms with van der Waals surface area (Å²) in [5.74, 6) is 0.368. The summed E-state index contributed by atoms with van der Waals surface area (Å²) in [6.45, 7) is 8.85. The van der Waals surface area contributed by atoms with E-state index in [0.29, 0.717) is 25.6 Å². The van der Waals surface area contributed by atoms with Crippen LogP contribution in [0.25, 0.3) is 0 Å². The van der Waals surface area contributed by atoms with Crippen LogP contribution in [-0.4, -0.2) is 42.3 Å². The van der Waals surface area contributed by atoms with Crippen molar-refractivity contribution in [3.63, 3.8) is 0 Å². The summed E-state index contributed by atoms with van der Waals surface area (Å²) >= 11 is 0. The lowest BCUT2D eigenvalue weighted by molar-refractivity contribution is -0.149. The topological polar surface area (TPSA) is 55.8 Å². The van der Waals surface area contributed by atoms with Crippen LogP contribution in [0.2, 0.25) is 0 Å². The van der Waals surface area contributed by atoms with Gasteiger partial charge >= 0.3 is 12.1 Å². The summed E-state index contributed by atoms with van der Waals surface area (Å²) in [6.07, 6.45) is 5.73. The van der Waals surface area contributed by atoms with Gasteiger partial charge in [-0.05, 0) is 39.5 Å². The summed E-state index contributed by atoms with van der Waals surface area (Å²) in [5, 5.41) is 0. The Kier molecular flexibility index (Phi) is 5.93. The molecule has 0 aromatic heterocycles. The Hall–Kier alpha value is -1.26. The quantitative estimate of drug-likeness (QED) is 0.744. The van der Waals surface area contributed by atoms with E-state index in [1.807, 2.05) is 27.7 Å². The van der Waals surface area contributed by atoms with Crippen molar-refractivity contribution in [2.75, 3.05) is 19.7 Å². The summed E-state index contributed by atoms with van der Waals surface area (Å²) < 4.78 is 10.7. The summed E-state index contributed by atoms with van der Waals surface area (Å²) in [4.78, 5) is 26.4. The zero-order valence-corrected chi connectivity index (χ0v) is 15.0. The van der Waals surface area contributed by atoms with Crippen LogP contribution in [0.1, 0.15) is 59.8 Å². The van der Waals surface area contributed by atoms with Crippen LogP contribution in [0, 0.1) is 17.8 Å². The molecule has 0 unspecified atom stereocenters. The van der Waals surface area contributed by atoms with Gasteiger partial charge in [0.15, 0.2) is 0 Å². The van der Waals surface area contributed by atoms with Crippen molar-refractivity contribution >= 4 is 12.1 Å². The average Bonchev–Trinajstić information content (AvgIpc) is 2.92. The molecule has 5 heteroatoms. The van der Waals surface area contributed by atoms with Crippen molar-refractivity contribution < 1.29 is 19.1 Å². The minimum Gasteiger partial charge on any atom is -0.466 e. The third-order valence-corrected chi connectivity index (χ3v) is 4.86. The fraction of sp³-hybridized carbons (Fsp3) is 0.889. The van der Waals surface area contributed by atoms with Gasteiger partial charge in [-0.2, -0.15) is 0 Å². The van der Waals surface area contributed by atoms with Crippen LogP contribution in [0.4, 0.5) is 4.79 Å². The number of hydrogen-bond donors (Lipinski definition) is 0. The lowest BCUT2D eigenvalue weighted by Gasteiger charge is -2.30. The van der Waals surface area contributed by atoms with Crippen LogP contribution in [0.5, 0.6) is 0 Å². The smallest absolute Gasteiger partial charge is 0.410 e.